The summed E-state index contributed by atoms with van der Waals surface area (Å²) in [6, 6.07) is 0. The molecular formula is C12H20N2O3. The third-order valence-corrected chi connectivity index (χ3v) is 2.98. The lowest BCUT2D eigenvalue weighted by Gasteiger charge is -2.29. The summed E-state index contributed by atoms with van der Waals surface area (Å²) in [4.78, 5) is 18.6. The molecule has 1 aromatic rings. The Morgan fingerprint density at radius 3 is 2.53 bits per heavy atom. The van der Waals surface area contributed by atoms with E-state index >= 15 is 0 Å². The zero-order valence-electron chi connectivity index (χ0n) is 10.9. The Bertz CT molecular complexity index is 370. The average Bonchev–Trinajstić information content (AvgIpc) is 2.85. The normalized spacial score (nSPS) is 11.5. The molecule has 0 aliphatic rings. The second-order valence-corrected chi connectivity index (χ2v) is 3.77. The number of carbonyl (C=O) groups is 1. The predicted molar refractivity (Wildman–Crippen MR) is 63.8 cm³/mol. The first-order valence-electron chi connectivity index (χ1n) is 5.91. The third kappa shape index (κ3) is 2.66. The van der Waals surface area contributed by atoms with Gasteiger partial charge in [0.05, 0.1) is 13.3 Å². The molecule has 1 rings (SSSR count). The van der Waals surface area contributed by atoms with Crippen LogP contribution in [0.15, 0.2) is 6.20 Å². The van der Waals surface area contributed by atoms with E-state index in [1.807, 2.05) is 20.8 Å². The number of methoxy groups -OCH3 is 1. The molecule has 96 valence electrons. The molecule has 0 unspecified atom stereocenters. The maximum atomic E-state index is 11.4. The zero-order chi connectivity index (χ0) is 12.9. The van der Waals surface area contributed by atoms with Gasteiger partial charge in [-0.3, -0.25) is 0 Å². The van der Waals surface area contributed by atoms with E-state index in [-0.39, 0.29) is 0 Å². The number of aromatic nitrogens is 2. The fraction of sp³-hybridized carbons (Fsp3) is 0.667. The van der Waals surface area contributed by atoms with Crippen molar-refractivity contribution < 1.29 is 14.3 Å². The van der Waals surface area contributed by atoms with E-state index in [4.69, 9.17) is 4.74 Å². The fourth-order valence-corrected chi connectivity index (χ4v) is 1.90. The first-order valence-corrected chi connectivity index (χ1v) is 5.91. The molecule has 1 N–H and O–H groups in total. The summed E-state index contributed by atoms with van der Waals surface area (Å²) in [6.07, 6.45) is 3.08. The van der Waals surface area contributed by atoms with E-state index in [9.17, 15) is 4.79 Å². The SMILES string of the molecule is CCOC(CC)(CC)c1ncc(C(=O)OC)[nH]1. The Morgan fingerprint density at radius 1 is 1.41 bits per heavy atom. The van der Waals surface area contributed by atoms with Crippen LogP contribution in [0, 0.1) is 0 Å². The minimum atomic E-state index is -0.443. The van der Waals surface area contributed by atoms with Crippen molar-refractivity contribution in [2.24, 2.45) is 0 Å². The summed E-state index contributed by atoms with van der Waals surface area (Å²) in [7, 11) is 1.35. The monoisotopic (exact) mass is 240 g/mol. The number of hydrogen-bond donors (Lipinski definition) is 1. The van der Waals surface area contributed by atoms with Crippen molar-refractivity contribution in [3.63, 3.8) is 0 Å². The fourth-order valence-electron chi connectivity index (χ4n) is 1.90. The van der Waals surface area contributed by atoms with Crippen molar-refractivity contribution in [2.75, 3.05) is 13.7 Å². The Balaban J connectivity index is 3.03. The smallest absolute Gasteiger partial charge is 0.356 e. The number of H-pyrrole nitrogens is 1. The highest BCUT2D eigenvalue weighted by Gasteiger charge is 2.32. The highest BCUT2D eigenvalue weighted by atomic mass is 16.5. The van der Waals surface area contributed by atoms with Gasteiger partial charge in [-0.25, -0.2) is 9.78 Å². The van der Waals surface area contributed by atoms with Crippen LogP contribution in [0.5, 0.6) is 0 Å². The predicted octanol–water partition coefficient (Wildman–Crippen LogP) is 2.25. The summed E-state index contributed by atoms with van der Waals surface area (Å²) >= 11 is 0. The Labute approximate surface area is 102 Å². The highest BCUT2D eigenvalue weighted by molar-refractivity contribution is 5.86. The van der Waals surface area contributed by atoms with Gasteiger partial charge < -0.3 is 14.5 Å². The van der Waals surface area contributed by atoms with Crippen molar-refractivity contribution in [3.8, 4) is 0 Å². The Morgan fingerprint density at radius 2 is 2.06 bits per heavy atom. The first kappa shape index (κ1) is 13.7. The number of aromatic amines is 1. The van der Waals surface area contributed by atoms with Gasteiger partial charge in [-0.05, 0) is 19.8 Å². The van der Waals surface area contributed by atoms with Crippen LogP contribution in [0.4, 0.5) is 0 Å². The maximum Gasteiger partial charge on any atom is 0.356 e. The quantitative estimate of drug-likeness (QED) is 0.774. The van der Waals surface area contributed by atoms with Crippen molar-refractivity contribution in [3.05, 3.63) is 17.7 Å². The molecule has 0 amide bonds. The Hall–Kier alpha value is -1.36. The second-order valence-electron chi connectivity index (χ2n) is 3.77. The van der Waals surface area contributed by atoms with Crippen molar-refractivity contribution in [2.45, 2.75) is 39.2 Å². The summed E-state index contributed by atoms with van der Waals surface area (Å²) in [5.74, 6) is 0.270. The number of esters is 1. The first-order chi connectivity index (χ1) is 8.13. The van der Waals surface area contributed by atoms with Crippen LogP contribution in [0.1, 0.15) is 49.9 Å². The third-order valence-electron chi connectivity index (χ3n) is 2.98. The lowest BCUT2D eigenvalue weighted by atomic mass is 9.96. The van der Waals surface area contributed by atoms with Gasteiger partial charge in [0.25, 0.3) is 0 Å². The average molecular weight is 240 g/mol. The zero-order valence-corrected chi connectivity index (χ0v) is 10.9. The summed E-state index contributed by atoms with van der Waals surface area (Å²) < 4.78 is 10.4. The number of hydrogen-bond acceptors (Lipinski definition) is 4. The van der Waals surface area contributed by atoms with E-state index in [2.05, 4.69) is 14.7 Å². The molecule has 0 saturated heterocycles. The number of nitrogens with zero attached hydrogens (tertiary/aromatic N) is 1. The van der Waals surface area contributed by atoms with Crippen LogP contribution >= 0.6 is 0 Å². The van der Waals surface area contributed by atoms with Gasteiger partial charge in [0, 0.05) is 6.61 Å². The van der Waals surface area contributed by atoms with Crippen LogP contribution in [-0.2, 0) is 15.1 Å². The molecule has 0 fully saturated rings. The molecule has 0 spiro atoms. The van der Waals surface area contributed by atoms with E-state index in [0.29, 0.717) is 18.1 Å². The molecule has 1 heterocycles. The van der Waals surface area contributed by atoms with E-state index in [1.165, 1.54) is 13.3 Å². The van der Waals surface area contributed by atoms with Gasteiger partial charge in [0.1, 0.15) is 17.1 Å². The van der Waals surface area contributed by atoms with Crippen molar-refractivity contribution in [1.82, 2.24) is 9.97 Å². The molecule has 0 atom stereocenters. The van der Waals surface area contributed by atoms with Crippen molar-refractivity contribution >= 4 is 5.97 Å². The number of imidazole rings is 1. The van der Waals surface area contributed by atoms with Gasteiger partial charge >= 0.3 is 5.97 Å². The van der Waals surface area contributed by atoms with Gasteiger partial charge in [-0.1, -0.05) is 13.8 Å². The summed E-state index contributed by atoms with van der Waals surface area (Å²) in [5.41, 5.74) is -0.0884. The minimum absolute atomic E-state index is 0.355. The van der Waals surface area contributed by atoms with Crippen LogP contribution in [0.25, 0.3) is 0 Å². The molecule has 0 aliphatic carbocycles. The number of ether oxygens (including phenoxy) is 2. The molecule has 0 bridgehead atoms. The van der Waals surface area contributed by atoms with Crippen LogP contribution < -0.4 is 0 Å². The van der Waals surface area contributed by atoms with Gasteiger partial charge in [0.2, 0.25) is 0 Å². The second kappa shape index (κ2) is 5.82. The molecule has 17 heavy (non-hydrogen) atoms. The van der Waals surface area contributed by atoms with Crippen LogP contribution in [-0.4, -0.2) is 29.7 Å². The summed E-state index contributed by atoms with van der Waals surface area (Å²) in [6.45, 7) is 6.64. The lowest BCUT2D eigenvalue weighted by Crippen LogP contribution is -2.30. The van der Waals surface area contributed by atoms with Gasteiger partial charge in [0.15, 0.2) is 0 Å². The molecule has 1 aromatic heterocycles. The molecule has 0 radical (unpaired) electrons. The minimum Gasteiger partial charge on any atom is -0.464 e. The Kier molecular flexibility index (Phi) is 4.69. The highest BCUT2D eigenvalue weighted by Crippen LogP contribution is 2.30. The van der Waals surface area contributed by atoms with Crippen molar-refractivity contribution in [1.29, 1.82) is 0 Å². The van der Waals surface area contributed by atoms with Crippen LogP contribution in [0.2, 0.25) is 0 Å². The van der Waals surface area contributed by atoms with E-state index < -0.39 is 11.6 Å². The van der Waals surface area contributed by atoms with E-state index in [1.54, 1.807) is 0 Å². The van der Waals surface area contributed by atoms with Gasteiger partial charge in [-0.2, -0.15) is 0 Å². The van der Waals surface area contributed by atoms with E-state index in [0.717, 1.165) is 12.8 Å². The standard InChI is InChI=1S/C12H20N2O3/c1-5-12(6-2,17-7-3)11-13-8-9(14-11)10(15)16-4/h8H,5-7H2,1-4H3,(H,13,14). The molecule has 0 saturated carbocycles. The van der Waals surface area contributed by atoms with Gasteiger partial charge in [-0.15, -0.1) is 0 Å². The largest absolute Gasteiger partial charge is 0.464 e. The number of carbonyl (C=O) groups excluding carboxylic acids is 1. The number of rotatable bonds is 6. The van der Waals surface area contributed by atoms with Crippen LogP contribution in [0.3, 0.4) is 0 Å². The topological polar surface area (TPSA) is 64.2 Å². The lowest BCUT2D eigenvalue weighted by molar-refractivity contribution is -0.0566. The molecule has 5 heteroatoms. The molecule has 5 nitrogen and oxygen atoms in total. The summed E-state index contributed by atoms with van der Waals surface area (Å²) in [5, 5.41) is 0. The molecule has 0 aliphatic heterocycles. The number of nitrogens with one attached hydrogen (secondary N) is 1. The molecular weight excluding hydrogens is 220 g/mol. The maximum absolute atomic E-state index is 11.4. The molecule has 0 aromatic carbocycles.